The van der Waals surface area contributed by atoms with Gasteiger partial charge < -0.3 is 5.11 Å². The second-order valence-corrected chi connectivity index (χ2v) is 3.60. The van der Waals surface area contributed by atoms with E-state index in [1.54, 1.807) is 0 Å². The Labute approximate surface area is 100 Å². The van der Waals surface area contributed by atoms with E-state index >= 15 is 0 Å². The highest BCUT2D eigenvalue weighted by Gasteiger charge is 2.20. The van der Waals surface area contributed by atoms with Crippen LogP contribution in [-0.4, -0.2) is 16.1 Å². The molecule has 0 saturated carbocycles. The highest BCUT2D eigenvalue weighted by atomic mass is 35.5. The van der Waals surface area contributed by atoms with Crippen molar-refractivity contribution in [1.29, 1.82) is 0 Å². The van der Waals surface area contributed by atoms with Crippen molar-refractivity contribution in [3.63, 3.8) is 0 Å². The number of carboxylic acid groups (broad SMARTS) is 1. The smallest absolute Gasteiger partial charge is 0.307 e. The highest BCUT2D eigenvalue weighted by Crippen LogP contribution is 2.31. The number of hydrogen-bond donors (Lipinski definition) is 1. The first-order valence-electron chi connectivity index (χ1n) is 4.19. The van der Waals surface area contributed by atoms with Gasteiger partial charge in [0, 0.05) is 11.8 Å². The minimum atomic E-state index is -2.79. The normalized spacial score (nSPS) is 10.8. The highest BCUT2D eigenvalue weighted by molar-refractivity contribution is 6.32. The number of carboxylic acids is 1. The van der Waals surface area contributed by atoms with Gasteiger partial charge in [0.05, 0.1) is 28.6 Å². The number of nitrogens with zero attached hydrogens (tertiary/aromatic N) is 1. The number of halogens is 4. The fraction of sp³-hybridized carbons (Fsp3) is 0.333. The number of pyridine rings is 1. The van der Waals surface area contributed by atoms with Crippen molar-refractivity contribution in [2.45, 2.75) is 18.7 Å². The Morgan fingerprint density at radius 1 is 1.56 bits per heavy atom. The first kappa shape index (κ1) is 13.1. The molecule has 0 bridgehead atoms. The van der Waals surface area contributed by atoms with Crippen LogP contribution >= 0.6 is 23.2 Å². The summed E-state index contributed by atoms with van der Waals surface area (Å²) in [5, 5.41) is 8.35. The summed E-state index contributed by atoms with van der Waals surface area (Å²) in [4.78, 5) is 14.2. The summed E-state index contributed by atoms with van der Waals surface area (Å²) in [6, 6.07) is 0. The molecule has 0 amide bonds. The summed E-state index contributed by atoms with van der Waals surface area (Å²) in [6.07, 6.45) is -2.36. The van der Waals surface area contributed by atoms with E-state index < -0.39 is 24.4 Å². The number of rotatable bonds is 4. The predicted octanol–water partition coefficient (Wildman–Crippen LogP) is 3.04. The lowest BCUT2D eigenvalue weighted by molar-refractivity contribution is -0.136. The zero-order chi connectivity index (χ0) is 12.3. The Morgan fingerprint density at radius 2 is 2.19 bits per heavy atom. The van der Waals surface area contributed by atoms with Crippen LogP contribution < -0.4 is 0 Å². The Balaban J connectivity index is 3.28. The molecule has 3 nitrogen and oxygen atoms in total. The van der Waals surface area contributed by atoms with Crippen LogP contribution in [0.15, 0.2) is 6.20 Å². The van der Waals surface area contributed by atoms with Crippen molar-refractivity contribution in [1.82, 2.24) is 4.98 Å². The fourth-order valence-electron chi connectivity index (χ4n) is 1.18. The predicted molar refractivity (Wildman–Crippen MR) is 55.1 cm³/mol. The zero-order valence-electron chi connectivity index (χ0n) is 7.88. The van der Waals surface area contributed by atoms with Crippen molar-refractivity contribution in [2.24, 2.45) is 0 Å². The lowest BCUT2D eigenvalue weighted by atomic mass is 10.1. The van der Waals surface area contributed by atoms with E-state index in [1.807, 2.05) is 0 Å². The average Bonchev–Trinajstić information content (AvgIpc) is 2.19. The molecule has 16 heavy (non-hydrogen) atoms. The Hall–Kier alpha value is -0.940. The molecule has 1 aromatic heterocycles. The topological polar surface area (TPSA) is 50.2 Å². The van der Waals surface area contributed by atoms with E-state index in [0.29, 0.717) is 0 Å². The molecule has 0 fully saturated rings. The van der Waals surface area contributed by atoms with E-state index in [1.165, 1.54) is 0 Å². The van der Waals surface area contributed by atoms with Crippen LogP contribution in [0.1, 0.15) is 23.2 Å². The monoisotopic (exact) mass is 269 g/mol. The van der Waals surface area contributed by atoms with E-state index in [2.05, 4.69) is 4.98 Å². The quantitative estimate of drug-likeness (QED) is 0.855. The Morgan fingerprint density at radius 3 is 2.62 bits per heavy atom. The lowest BCUT2D eigenvalue weighted by Gasteiger charge is -2.10. The maximum Gasteiger partial charge on any atom is 0.307 e. The number of aromatic nitrogens is 1. The molecule has 0 aromatic carbocycles. The third-order valence-corrected chi connectivity index (χ3v) is 2.62. The number of alkyl halides is 3. The van der Waals surface area contributed by atoms with E-state index in [9.17, 15) is 13.6 Å². The molecule has 1 rings (SSSR count). The summed E-state index contributed by atoms with van der Waals surface area (Å²) >= 11 is 11.2. The van der Waals surface area contributed by atoms with Gasteiger partial charge in [-0.25, -0.2) is 8.78 Å². The van der Waals surface area contributed by atoms with Gasteiger partial charge in [-0.2, -0.15) is 0 Å². The van der Waals surface area contributed by atoms with Crippen molar-refractivity contribution < 1.29 is 18.7 Å². The minimum absolute atomic E-state index is 0.0435. The molecule has 0 saturated heterocycles. The van der Waals surface area contributed by atoms with Gasteiger partial charge in [-0.3, -0.25) is 9.78 Å². The maximum absolute atomic E-state index is 12.5. The van der Waals surface area contributed by atoms with Gasteiger partial charge in [-0.15, -0.1) is 11.6 Å². The molecule has 1 heterocycles. The van der Waals surface area contributed by atoms with Crippen molar-refractivity contribution in [3.05, 3.63) is 28.0 Å². The zero-order valence-corrected chi connectivity index (χ0v) is 9.40. The summed E-state index contributed by atoms with van der Waals surface area (Å²) in [5.41, 5.74) is -0.229. The molecule has 0 aliphatic heterocycles. The van der Waals surface area contributed by atoms with Gasteiger partial charge in [-0.1, -0.05) is 11.6 Å². The molecule has 0 unspecified atom stereocenters. The van der Waals surface area contributed by atoms with Gasteiger partial charge in [0.2, 0.25) is 0 Å². The molecule has 0 spiro atoms. The van der Waals surface area contributed by atoms with Gasteiger partial charge in [0.15, 0.2) is 0 Å². The van der Waals surface area contributed by atoms with Crippen LogP contribution in [0.25, 0.3) is 0 Å². The Bertz CT molecular complexity index is 413. The van der Waals surface area contributed by atoms with Crippen molar-refractivity contribution in [3.8, 4) is 0 Å². The largest absolute Gasteiger partial charge is 0.481 e. The van der Waals surface area contributed by atoms with E-state index in [-0.39, 0.29) is 22.2 Å². The van der Waals surface area contributed by atoms with Crippen LogP contribution in [0.2, 0.25) is 5.02 Å². The molecule has 0 atom stereocenters. The molecule has 1 N–H and O–H groups in total. The second-order valence-electron chi connectivity index (χ2n) is 2.96. The van der Waals surface area contributed by atoms with Crippen LogP contribution in [0.5, 0.6) is 0 Å². The van der Waals surface area contributed by atoms with Crippen LogP contribution in [0, 0.1) is 0 Å². The molecule has 0 aliphatic rings. The second kappa shape index (κ2) is 5.41. The van der Waals surface area contributed by atoms with Gasteiger partial charge in [0.1, 0.15) is 0 Å². The standard InChI is InChI=1S/C9H7Cl2F2NO2/c10-2-6-4(1-7(15)16)8(11)5(3-14-6)9(12)13/h3,9H,1-2H2,(H,15,16). The molecule has 88 valence electrons. The third kappa shape index (κ3) is 2.80. The first-order chi connectivity index (χ1) is 7.47. The lowest BCUT2D eigenvalue weighted by Crippen LogP contribution is -2.07. The minimum Gasteiger partial charge on any atom is -0.481 e. The van der Waals surface area contributed by atoms with E-state index in [0.717, 1.165) is 6.20 Å². The first-order valence-corrected chi connectivity index (χ1v) is 5.10. The van der Waals surface area contributed by atoms with Crippen molar-refractivity contribution in [2.75, 3.05) is 0 Å². The third-order valence-electron chi connectivity index (χ3n) is 1.92. The number of carbonyl (C=O) groups is 1. The molecule has 0 aliphatic carbocycles. The van der Waals surface area contributed by atoms with Crippen LogP contribution in [0.4, 0.5) is 8.78 Å². The fourth-order valence-corrected chi connectivity index (χ4v) is 1.72. The van der Waals surface area contributed by atoms with Crippen LogP contribution in [-0.2, 0) is 17.1 Å². The van der Waals surface area contributed by atoms with E-state index in [4.69, 9.17) is 28.3 Å². The molecule has 0 radical (unpaired) electrons. The Kier molecular flexibility index (Phi) is 4.44. The summed E-state index contributed by atoms with van der Waals surface area (Å²) in [7, 11) is 0. The van der Waals surface area contributed by atoms with Gasteiger partial charge >= 0.3 is 5.97 Å². The average molecular weight is 270 g/mol. The van der Waals surface area contributed by atoms with Gasteiger partial charge in [-0.05, 0) is 0 Å². The number of aliphatic carboxylic acids is 1. The van der Waals surface area contributed by atoms with Crippen molar-refractivity contribution >= 4 is 29.2 Å². The summed E-state index contributed by atoms with van der Waals surface area (Å²) < 4.78 is 25.0. The molecular weight excluding hydrogens is 263 g/mol. The molecule has 1 aromatic rings. The SMILES string of the molecule is O=C(O)Cc1c(CCl)ncc(C(F)F)c1Cl. The summed E-state index contributed by atoms with van der Waals surface area (Å²) in [5.74, 6) is -1.26. The summed E-state index contributed by atoms with van der Waals surface area (Å²) in [6.45, 7) is 0. The van der Waals surface area contributed by atoms with Crippen LogP contribution in [0.3, 0.4) is 0 Å². The van der Waals surface area contributed by atoms with Gasteiger partial charge in [0.25, 0.3) is 6.43 Å². The molecular formula is C9H7Cl2F2NO2. The number of hydrogen-bond acceptors (Lipinski definition) is 2. The maximum atomic E-state index is 12.5. The molecule has 7 heteroatoms.